The van der Waals surface area contributed by atoms with Crippen molar-refractivity contribution in [1.29, 1.82) is 0 Å². The fourth-order valence-corrected chi connectivity index (χ4v) is 7.36. The van der Waals surface area contributed by atoms with Crippen molar-refractivity contribution in [2.75, 3.05) is 40.0 Å². The number of aliphatic imine (C=N–C) groups is 2. The number of anilines is 1. The number of carbonyl (C=O) groups is 2. The van der Waals surface area contributed by atoms with E-state index in [0.29, 0.717) is 95.2 Å². The summed E-state index contributed by atoms with van der Waals surface area (Å²) in [6, 6.07) is 19.8. The molecule has 55 heavy (non-hydrogen) atoms. The zero-order chi connectivity index (χ0) is 37.6. The molecule has 5 aliphatic heterocycles. The molecule has 9 rings (SSSR count). The predicted octanol–water partition coefficient (Wildman–Crippen LogP) is 6.81. The second kappa shape index (κ2) is 13.9. The van der Waals surface area contributed by atoms with Crippen molar-refractivity contribution in [2.45, 2.75) is 31.3 Å². The summed E-state index contributed by atoms with van der Waals surface area (Å²) in [6.45, 7) is 0.799. The lowest BCUT2D eigenvalue weighted by atomic mass is 10.0. The van der Waals surface area contributed by atoms with Gasteiger partial charge in [-0.25, -0.2) is 0 Å². The SMILES string of the molecule is COc1cc2c(cc1OCCCOc1cc3c(cc1OC)C(=O)N1C=C(c4ccc5c(c4)OCO5)C[C@H]1C=N3)N=C[C@@H]1CC(c3ccc(N)cc3)=CN1C2=O. The Balaban J connectivity index is 0.844. The van der Waals surface area contributed by atoms with E-state index in [1.54, 1.807) is 46.5 Å². The molecule has 0 saturated heterocycles. The summed E-state index contributed by atoms with van der Waals surface area (Å²) in [6.07, 6.45) is 9.15. The van der Waals surface area contributed by atoms with Gasteiger partial charge in [0.05, 0.1) is 62.0 Å². The first-order valence-corrected chi connectivity index (χ1v) is 18.0. The molecule has 2 amide bonds. The molecule has 13 heteroatoms. The molecule has 0 aliphatic carbocycles. The van der Waals surface area contributed by atoms with E-state index in [4.69, 9.17) is 44.1 Å². The number of rotatable bonds is 10. The smallest absolute Gasteiger partial charge is 0.260 e. The van der Waals surface area contributed by atoms with Crippen LogP contribution >= 0.6 is 0 Å². The number of ether oxygens (including phenoxy) is 6. The van der Waals surface area contributed by atoms with Gasteiger partial charge in [-0.1, -0.05) is 18.2 Å². The summed E-state index contributed by atoms with van der Waals surface area (Å²) < 4.78 is 34.5. The Morgan fingerprint density at radius 1 is 0.673 bits per heavy atom. The lowest BCUT2D eigenvalue weighted by Gasteiger charge is -2.19. The van der Waals surface area contributed by atoms with E-state index in [0.717, 1.165) is 22.3 Å². The van der Waals surface area contributed by atoms with Crippen LogP contribution in [0.25, 0.3) is 11.1 Å². The molecule has 0 aromatic heterocycles. The number of methoxy groups -OCH3 is 2. The molecule has 0 bridgehead atoms. The van der Waals surface area contributed by atoms with Crippen LogP contribution in [-0.4, -0.2) is 80.4 Å². The highest BCUT2D eigenvalue weighted by Gasteiger charge is 2.35. The number of nitrogens with zero attached hydrogens (tertiary/aromatic N) is 4. The molecule has 5 aliphatic rings. The van der Waals surface area contributed by atoms with Gasteiger partial charge in [0.1, 0.15) is 0 Å². The Kier molecular flexibility index (Phi) is 8.60. The van der Waals surface area contributed by atoms with Crippen LogP contribution in [0.1, 0.15) is 51.1 Å². The molecule has 2 atom stereocenters. The summed E-state index contributed by atoms with van der Waals surface area (Å²) >= 11 is 0. The molecular weight excluding hydrogens is 702 g/mol. The number of nitrogens with two attached hydrogens (primary N) is 1. The van der Waals surface area contributed by atoms with E-state index in [1.165, 1.54) is 14.2 Å². The quantitative estimate of drug-likeness (QED) is 0.137. The van der Waals surface area contributed by atoms with Crippen molar-refractivity contribution in [1.82, 2.24) is 9.80 Å². The maximum atomic E-state index is 13.8. The Morgan fingerprint density at radius 3 is 1.76 bits per heavy atom. The monoisotopic (exact) mass is 739 g/mol. The molecule has 0 radical (unpaired) electrons. The number of carbonyl (C=O) groups excluding carboxylic acids is 2. The van der Waals surface area contributed by atoms with Crippen LogP contribution < -0.4 is 34.2 Å². The summed E-state index contributed by atoms with van der Waals surface area (Å²) in [5.74, 6) is 2.86. The zero-order valence-corrected chi connectivity index (χ0v) is 30.2. The van der Waals surface area contributed by atoms with Gasteiger partial charge in [-0.05, 0) is 58.7 Å². The van der Waals surface area contributed by atoms with Gasteiger partial charge >= 0.3 is 0 Å². The minimum Gasteiger partial charge on any atom is -0.493 e. The van der Waals surface area contributed by atoms with Gasteiger partial charge in [0.25, 0.3) is 11.8 Å². The van der Waals surface area contributed by atoms with Crippen LogP contribution in [0.5, 0.6) is 34.5 Å². The first-order valence-electron chi connectivity index (χ1n) is 18.0. The first kappa shape index (κ1) is 34.0. The minimum atomic E-state index is -0.233. The van der Waals surface area contributed by atoms with E-state index in [2.05, 4.69) is 0 Å². The van der Waals surface area contributed by atoms with Crippen molar-refractivity contribution in [3.8, 4) is 34.5 Å². The van der Waals surface area contributed by atoms with Gasteiger partial charge in [-0.3, -0.25) is 19.6 Å². The maximum Gasteiger partial charge on any atom is 0.260 e. The van der Waals surface area contributed by atoms with E-state index < -0.39 is 0 Å². The standard InChI is InChI=1S/C42H37N5O8/c1-50-36-15-31-33(44-19-29-12-26(21-46(29)41(31)48)24-4-7-28(43)8-5-24)17-39(36)52-10-3-11-53-40-18-34-32(16-37(40)51-2)42(49)47-22-27(13-30(47)20-45-34)25-6-9-35-38(14-25)55-23-54-35/h4-9,14-22,29-30H,3,10-13,23,43H2,1-2H3/t29-,30-/m0/s1. The van der Waals surface area contributed by atoms with Crippen LogP contribution in [0, 0.1) is 0 Å². The Labute approximate surface area is 316 Å². The number of benzene rings is 4. The van der Waals surface area contributed by atoms with Gasteiger partial charge in [0.2, 0.25) is 6.79 Å². The molecule has 0 spiro atoms. The second-order valence-electron chi connectivity index (χ2n) is 13.6. The molecule has 278 valence electrons. The first-order chi connectivity index (χ1) is 26.9. The Bertz CT molecular complexity index is 2350. The highest BCUT2D eigenvalue weighted by molar-refractivity contribution is 6.06. The fourth-order valence-electron chi connectivity index (χ4n) is 7.36. The van der Waals surface area contributed by atoms with Crippen molar-refractivity contribution >= 4 is 52.5 Å². The largest absolute Gasteiger partial charge is 0.493 e. The Hall–Kier alpha value is -6.76. The molecule has 0 unspecified atom stereocenters. The summed E-state index contributed by atoms with van der Waals surface area (Å²) in [4.78, 5) is 40.3. The topological polar surface area (TPSA) is 147 Å². The molecule has 0 fully saturated rings. The van der Waals surface area contributed by atoms with Crippen molar-refractivity contribution < 1.29 is 38.0 Å². The van der Waals surface area contributed by atoms with E-state index in [-0.39, 0.29) is 30.7 Å². The van der Waals surface area contributed by atoms with Crippen LogP contribution in [0.4, 0.5) is 17.1 Å². The lowest BCUT2D eigenvalue weighted by Crippen LogP contribution is -2.32. The van der Waals surface area contributed by atoms with Crippen molar-refractivity contribution in [3.05, 3.63) is 101 Å². The fraction of sp³-hybridized carbons (Fsp3) is 0.238. The number of nitrogen functional groups attached to an aromatic ring is 1. The average molecular weight is 740 g/mol. The van der Waals surface area contributed by atoms with Gasteiger partial charge in [-0.15, -0.1) is 0 Å². The van der Waals surface area contributed by atoms with E-state index in [1.807, 2.05) is 54.9 Å². The van der Waals surface area contributed by atoms with Crippen LogP contribution in [0.2, 0.25) is 0 Å². The van der Waals surface area contributed by atoms with Crippen LogP contribution in [-0.2, 0) is 0 Å². The zero-order valence-electron chi connectivity index (χ0n) is 30.2. The van der Waals surface area contributed by atoms with E-state index in [9.17, 15) is 9.59 Å². The van der Waals surface area contributed by atoms with Gasteiger partial charge < -0.3 is 44.0 Å². The third kappa shape index (κ3) is 6.26. The highest BCUT2D eigenvalue weighted by Crippen LogP contribution is 2.43. The Morgan fingerprint density at radius 2 is 1.20 bits per heavy atom. The molecule has 13 nitrogen and oxygen atoms in total. The third-order valence-electron chi connectivity index (χ3n) is 10.3. The van der Waals surface area contributed by atoms with Gasteiger partial charge in [0, 0.05) is 61.9 Å². The lowest BCUT2D eigenvalue weighted by molar-refractivity contribution is 0.0809. The summed E-state index contributed by atoms with van der Waals surface area (Å²) in [5.41, 5.74) is 12.5. The minimum absolute atomic E-state index is 0.162. The average Bonchev–Trinajstić information content (AvgIpc) is 3.94. The predicted molar refractivity (Wildman–Crippen MR) is 206 cm³/mol. The van der Waals surface area contributed by atoms with Crippen molar-refractivity contribution in [2.24, 2.45) is 9.98 Å². The molecule has 5 heterocycles. The highest BCUT2D eigenvalue weighted by atomic mass is 16.7. The molecular formula is C42H37N5O8. The van der Waals surface area contributed by atoms with E-state index >= 15 is 0 Å². The van der Waals surface area contributed by atoms with Crippen LogP contribution in [0.3, 0.4) is 0 Å². The number of hydrogen-bond acceptors (Lipinski definition) is 11. The number of amides is 2. The number of fused-ring (bicyclic) bond motifs is 5. The summed E-state index contributed by atoms with van der Waals surface area (Å²) in [5, 5.41) is 0. The van der Waals surface area contributed by atoms with Crippen molar-refractivity contribution in [3.63, 3.8) is 0 Å². The summed E-state index contributed by atoms with van der Waals surface area (Å²) in [7, 11) is 3.08. The molecule has 0 saturated carbocycles. The molecule has 2 N–H and O–H groups in total. The normalized spacial score (nSPS) is 18.8. The van der Waals surface area contributed by atoms with Gasteiger partial charge in [-0.2, -0.15) is 0 Å². The maximum absolute atomic E-state index is 13.8. The molecule has 4 aromatic rings. The second-order valence-corrected chi connectivity index (χ2v) is 13.6. The molecule has 4 aromatic carbocycles. The number of hydrogen-bond donors (Lipinski definition) is 1. The van der Waals surface area contributed by atoms with Crippen LogP contribution in [0.15, 0.2) is 89.1 Å². The third-order valence-corrected chi connectivity index (χ3v) is 10.3. The van der Waals surface area contributed by atoms with Gasteiger partial charge in [0.15, 0.2) is 34.5 Å².